The van der Waals surface area contributed by atoms with Gasteiger partial charge in [-0.2, -0.15) is 11.8 Å². The Labute approximate surface area is 63.1 Å². The van der Waals surface area contributed by atoms with E-state index in [9.17, 15) is 8.78 Å². The molecule has 1 atom stereocenters. The zero-order valence-corrected chi connectivity index (χ0v) is 6.59. The molecule has 1 heterocycles. The maximum absolute atomic E-state index is 12.3. The second-order valence-corrected chi connectivity index (χ2v) is 3.59. The van der Waals surface area contributed by atoms with Crippen molar-refractivity contribution in [2.24, 2.45) is 0 Å². The Bertz CT molecular complexity index is 112. The Morgan fingerprint density at radius 1 is 1.60 bits per heavy atom. The molecule has 1 fully saturated rings. The number of halogens is 2. The highest BCUT2D eigenvalue weighted by atomic mass is 32.2. The van der Waals surface area contributed by atoms with Gasteiger partial charge in [0.15, 0.2) is 0 Å². The lowest BCUT2D eigenvalue weighted by atomic mass is 10.1. The normalized spacial score (nSPS) is 33.6. The summed E-state index contributed by atoms with van der Waals surface area (Å²) >= 11 is 1.21. The van der Waals surface area contributed by atoms with Crippen molar-refractivity contribution < 1.29 is 13.5 Å². The van der Waals surface area contributed by atoms with E-state index in [1.807, 2.05) is 0 Å². The molecule has 1 nitrogen and oxygen atoms in total. The number of hydrogen-bond donors (Lipinski definition) is 0. The molecule has 0 aromatic carbocycles. The van der Waals surface area contributed by atoms with Crippen LogP contribution in [0.3, 0.4) is 0 Å². The van der Waals surface area contributed by atoms with Crippen molar-refractivity contribution >= 4 is 11.8 Å². The van der Waals surface area contributed by atoms with Crippen molar-refractivity contribution in [1.82, 2.24) is 0 Å². The van der Waals surface area contributed by atoms with Gasteiger partial charge in [-0.25, -0.2) is 8.78 Å². The monoisotopic (exact) mass is 168 g/mol. The quantitative estimate of drug-likeness (QED) is 0.621. The van der Waals surface area contributed by atoms with Crippen LogP contribution in [-0.2, 0) is 4.74 Å². The fourth-order valence-corrected chi connectivity index (χ4v) is 1.65. The molecule has 0 radical (unpaired) electrons. The molecule has 1 aliphatic heterocycles. The molecule has 0 N–H and O–H groups in total. The minimum absolute atomic E-state index is 0.200. The smallest absolute Gasteiger partial charge is 0.255 e. The molecule has 0 aromatic rings. The van der Waals surface area contributed by atoms with Crippen LogP contribution in [0.2, 0.25) is 0 Å². The molecular weight excluding hydrogens is 158 g/mol. The summed E-state index contributed by atoms with van der Waals surface area (Å²) in [4.78, 5) is 0. The van der Waals surface area contributed by atoms with Crippen molar-refractivity contribution in [2.45, 2.75) is 17.6 Å². The number of rotatable bonds is 2. The molecule has 0 saturated carbocycles. The van der Waals surface area contributed by atoms with E-state index in [1.54, 1.807) is 6.26 Å². The van der Waals surface area contributed by atoms with Crippen LogP contribution < -0.4 is 0 Å². The number of ether oxygens (including phenoxy) is 1. The standard InChI is InChI=1S/C6H10F2OS/c1-10-6(5(7)8)2-3-9-4-6/h5H,2-4H2,1H3. The highest BCUT2D eigenvalue weighted by Crippen LogP contribution is 2.37. The van der Waals surface area contributed by atoms with Crippen LogP contribution in [0.5, 0.6) is 0 Å². The largest absolute Gasteiger partial charge is 0.380 e. The second-order valence-electron chi connectivity index (χ2n) is 2.37. The Kier molecular flexibility index (Phi) is 2.52. The Balaban J connectivity index is 2.58. The van der Waals surface area contributed by atoms with Crippen LogP contribution in [0.15, 0.2) is 0 Å². The summed E-state index contributed by atoms with van der Waals surface area (Å²) in [5, 5.41) is 0. The van der Waals surface area contributed by atoms with Crippen molar-refractivity contribution in [3.8, 4) is 0 Å². The van der Waals surface area contributed by atoms with E-state index in [2.05, 4.69) is 0 Å². The zero-order valence-electron chi connectivity index (χ0n) is 5.77. The fourth-order valence-electron chi connectivity index (χ4n) is 0.984. The molecule has 0 aliphatic carbocycles. The minimum Gasteiger partial charge on any atom is -0.380 e. The third-order valence-electron chi connectivity index (χ3n) is 1.82. The van der Waals surface area contributed by atoms with Gasteiger partial charge in [-0.15, -0.1) is 0 Å². The maximum atomic E-state index is 12.3. The van der Waals surface area contributed by atoms with Crippen LogP contribution in [0.4, 0.5) is 8.78 Å². The van der Waals surface area contributed by atoms with Gasteiger partial charge in [0.25, 0.3) is 6.43 Å². The summed E-state index contributed by atoms with van der Waals surface area (Å²) in [7, 11) is 0. The third kappa shape index (κ3) is 1.27. The molecule has 1 unspecified atom stereocenters. The van der Waals surface area contributed by atoms with E-state index in [4.69, 9.17) is 4.74 Å². The summed E-state index contributed by atoms with van der Waals surface area (Å²) < 4.78 is 28.6. The first-order valence-corrected chi connectivity index (χ1v) is 4.35. The molecule has 0 bridgehead atoms. The summed E-state index contributed by atoms with van der Waals surface area (Å²) in [6, 6.07) is 0. The minimum atomic E-state index is -2.26. The van der Waals surface area contributed by atoms with Gasteiger partial charge in [-0.3, -0.25) is 0 Å². The van der Waals surface area contributed by atoms with Gasteiger partial charge < -0.3 is 4.74 Å². The van der Waals surface area contributed by atoms with Crippen molar-refractivity contribution in [1.29, 1.82) is 0 Å². The molecule has 1 saturated heterocycles. The first kappa shape index (κ1) is 8.27. The van der Waals surface area contributed by atoms with E-state index in [0.717, 1.165) is 0 Å². The van der Waals surface area contributed by atoms with Crippen LogP contribution in [0, 0.1) is 0 Å². The maximum Gasteiger partial charge on any atom is 0.255 e. The highest BCUT2D eigenvalue weighted by molar-refractivity contribution is 8.00. The van der Waals surface area contributed by atoms with Crippen molar-refractivity contribution in [3.63, 3.8) is 0 Å². The van der Waals surface area contributed by atoms with Gasteiger partial charge in [0.1, 0.15) is 4.75 Å². The van der Waals surface area contributed by atoms with Crippen LogP contribution in [-0.4, -0.2) is 30.6 Å². The summed E-state index contributed by atoms with van der Waals surface area (Å²) in [5.41, 5.74) is 0. The number of hydrogen-bond acceptors (Lipinski definition) is 2. The lowest BCUT2D eigenvalue weighted by Gasteiger charge is -2.22. The van der Waals surface area contributed by atoms with Gasteiger partial charge in [-0.05, 0) is 12.7 Å². The summed E-state index contributed by atoms with van der Waals surface area (Å²) in [6.07, 6.45) is -0.0721. The Hall–Kier alpha value is 0.170. The molecule has 10 heavy (non-hydrogen) atoms. The van der Waals surface area contributed by atoms with E-state index in [-0.39, 0.29) is 6.61 Å². The molecule has 60 valence electrons. The Morgan fingerprint density at radius 3 is 2.50 bits per heavy atom. The van der Waals surface area contributed by atoms with E-state index in [1.165, 1.54) is 11.8 Å². The molecule has 0 spiro atoms. The summed E-state index contributed by atoms with van der Waals surface area (Å²) in [6.45, 7) is 0.678. The van der Waals surface area contributed by atoms with Gasteiger partial charge >= 0.3 is 0 Å². The lowest BCUT2D eigenvalue weighted by molar-refractivity contribution is 0.0854. The average Bonchev–Trinajstić information content (AvgIpc) is 2.35. The van der Waals surface area contributed by atoms with Gasteiger partial charge in [0, 0.05) is 6.61 Å². The summed E-state index contributed by atoms with van der Waals surface area (Å²) in [5.74, 6) is 0. The van der Waals surface area contributed by atoms with Crippen molar-refractivity contribution in [3.05, 3.63) is 0 Å². The first-order valence-electron chi connectivity index (χ1n) is 3.12. The van der Waals surface area contributed by atoms with Gasteiger partial charge in [0.2, 0.25) is 0 Å². The molecule has 1 rings (SSSR count). The molecular formula is C6H10F2OS. The topological polar surface area (TPSA) is 9.23 Å². The molecule has 1 aliphatic rings. The van der Waals surface area contributed by atoms with Gasteiger partial charge in [0.05, 0.1) is 6.61 Å². The van der Waals surface area contributed by atoms with E-state index >= 15 is 0 Å². The number of thioether (sulfide) groups is 1. The molecule has 4 heteroatoms. The van der Waals surface area contributed by atoms with Crippen LogP contribution in [0.25, 0.3) is 0 Å². The highest BCUT2D eigenvalue weighted by Gasteiger charge is 2.42. The predicted octanol–water partition coefficient (Wildman–Crippen LogP) is 1.77. The second kappa shape index (κ2) is 3.05. The predicted molar refractivity (Wildman–Crippen MR) is 37.7 cm³/mol. The van der Waals surface area contributed by atoms with Crippen LogP contribution in [0.1, 0.15) is 6.42 Å². The fraction of sp³-hybridized carbons (Fsp3) is 1.00. The van der Waals surface area contributed by atoms with Crippen molar-refractivity contribution in [2.75, 3.05) is 19.5 Å². The SMILES string of the molecule is CSC1(C(F)F)CCOC1. The Morgan fingerprint density at radius 2 is 2.30 bits per heavy atom. The average molecular weight is 168 g/mol. The van der Waals surface area contributed by atoms with E-state index < -0.39 is 11.2 Å². The zero-order chi connectivity index (χ0) is 7.61. The first-order chi connectivity index (χ1) is 4.71. The lowest BCUT2D eigenvalue weighted by Crippen LogP contribution is -2.33. The van der Waals surface area contributed by atoms with Crippen LogP contribution >= 0.6 is 11.8 Å². The molecule has 0 aromatic heterocycles. The van der Waals surface area contributed by atoms with Gasteiger partial charge in [-0.1, -0.05) is 0 Å². The number of alkyl halides is 2. The molecule has 0 amide bonds. The third-order valence-corrected chi connectivity index (χ3v) is 3.13. The van der Waals surface area contributed by atoms with E-state index in [0.29, 0.717) is 13.0 Å².